The minimum atomic E-state index is -0.770. The molecule has 1 heterocycles. The van der Waals surface area contributed by atoms with E-state index in [1.165, 1.54) is 25.3 Å². The first kappa shape index (κ1) is 16.4. The SMILES string of the molecule is CCn1nccc1/C=C/C(=O)Nc1ccc(C(=O)OC)c(F)c1. The third-order valence-corrected chi connectivity index (χ3v) is 3.10. The van der Waals surface area contributed by atoms with Crippen molar-refractivity contribution in [2.75, 3.05) is 12.4 Å². The Bertz CT molecular complexity index is 753. The molecule has 0 aliphatic rings. The van der Waals surface area contributed by atoms with Crippen LogP contribution in [-0.2, 0) is 16.1 Å². The fourth-order valence-corrected chi connectivity index (χ4v) is 1.96. The van der Waals surface area contributed by atoms with Crippen LogP contribution in [0.5, 0.6) is 0 Å². The molecule has 1 N–H and O–H groups in total. The molecule has 0 saturated carbocycles. The Balaban J connectivity index is 2.06. The number of aryl methyl sites for hydroxylation is 1. The van der Waals surface area contributed by atoms with Gasteiger partial charge in [0.15, 0.2) is 0 Å². The highest BCUT2D eigenvalue weighted by atomic mass is 19.1. The lowest BCUT2D eigenvalue weighted by Gasteiger charge is -2.05. The number of esters is 1. The number of rotatable bonds is 5. The zero-order valence-corrected chi connectivity index (χ0v) is 12.7. The molecule has 23 heavy (non-hydrogen) atoms. The average molecular weight is 317 g/mol. The summed E-state index contributed by atoms with van der Waals surface area (Å²) >= 11 is 0. The molecule has 2 rings (SSSR count). The maximum Gasteiger partial charge on any atom is 0.340 e. The van der Waals surface area contributed by atoms with E-state index in [0.717, 1.165) is 11.8 Å². The highest BCUT2D eigenvalue weighted by Gasteiger charge is 2.12. The van der Waals surface area contributed by atoms with Gasteiger partial charge in [0.05, 0.1) is 18.4 Å². The fourth-order valence-electron chi connectivity index (χ4n) is 1.96. The van der Waals surface area contributed by atoms with Gasteiger partial charge in [0.1, 0.15) is 5.82 Å². The lowest BCUT2D eigenvalue weighted by Crippen LogP contribution is -2.10. The van der Waals surface area contributed by atoms with E-state index in [9.17, 15) is 14.0 Å². The number of hydrogen-bond acceptors (Lipinski definition) is 4. The predicted molar refractivity (Wildman–Crippen MR) is 83.3 cm³/mol. The molecule has 1 aromatic carbocycles. The van der Waals surface area contributed by atoms with Crippen LogP contribution in [0.4, 0.5) is 10.1 Å². The van der Waals surface area contributed by atoms with E-state index in [1.54, 1.807) is 23.0 Å². The van der Waals surface area contributed by atoms with Gasteiger partial charge in [-0.2, -0.15) is 5.10 Å². The predicted octanol–water partition coefficient (Wildman–Crippen LogP) is 2.48. The van der Waals surface area contributed by atoms with E-state index in [1.807, 2.05) is 6.92 Å². The zero-order chi connectivity index (χ0) is 16.8. The number of carbonyl (C=O) groups is 2. The summed E-state index contributed by atoms with van der Waals surface area (Å²) in [5.74, 6) is -1.95. The topological polar surface area (TPSA) is 73.2 Å². The Morgan fingerprint density at radius 3 is 2.83 bits per heavy atom. The molecule has 0 fully saturated rings. The second-order valence-electron chi connectivity index (χ2n) is 4.58. The molecule has 0 saturated heterocycles. The Kier molecular flexibility index (Phi) is 5.24. The van der Waals surface area contributed by atoms with Gasteiger partial charge in [-0.1, -0.05) is 0 Å². The van der Waals surface area contributed by atoms with Gasteiger partial charge in [0.2, 0.25) is 5.91 Å². The molecule has 0 bridgehead atoms. The molecule has 1 aromatic heterocycles. The Labute approximate surface area is 132 Å². The summed E-state index contributed by atoms with van der Waals surface area (Å²) in [4.78, 5) is 23.1. The summed E-state index contributed by atoms with van der Waals surface area (Å²) in [6.07, 6.45) is 4.59. The molecule has 2 aromatic rings. The van der Waals surface area contributed by atoms with Gasteiger partial charge in [-0.3, -0.25) is 9.48 Å². The fraction of sp³-hybridized carbons (Fsp3) is 0.188. The molecule has 7 heteroatoms. The molecule has 0 aliphatic heterocycles. The van der Waals surface area contributed by atoms with E-state index >= 15 is 0 Å². The van der Waals surface area contributed by atoms with Gasteiger partial charge in [-0.25, -0.2) is 9.18 Å². The van der Waals surface area contributed by atoms with Crippen molar-refractivity contribution >= 4 is 23.6 Å². The average Bonchev–Trinajstić information content (AvgIpc) is 3.00. The van der Waals surface area contributed by atoms with Gasteiger partial charge in [0.25, 0.3) is 0 Å². The van der Waals surface area contributed by atoms with Crippen molar-refractivity contribution in [1.29, 1.82) is 0 Å². The third kappa shape index (κ3) is 4.03. The first-order valence-electron chi connectivity index (χ1n) is 6.94. The summed E-state index contributed by atoms with van der Waals surface area (Å²) in [7, 11) is 1.17. The van der Waals surface area contributed by atoms with Crippen LogP contribution in [0.2, 0.25) is 0 Å². The summed E-state index contributed by atoms with van der Waals surface area (Å²) in [5, 5.41) is 6.60. The van der Waals surface area contributed by atoms with Crippen molar-refractivity contribution in [2.24, 2.45) is 0 Å². The van der Waals surface area contributed by atoms with Crippen LogP contribution >= 0.6 is 0 Å². The van der Waals surface area contributed by atoms with Crippen molar-refractivity contribution in [3.63, 3.8) is 0 Å². The molecule has 6 nitrogen and oxygen atoms in total. The van der Waals surface area contributed by atoms with E-state index in [0.29, 0.717) is 6.54 Å². The quantitative estimate of drug-likeness (QED) is 0.679. The maximum atomic E-state index is 13.8. The van der Waals surface area contributed by atoms with Crippen molar-refractivity contribution in [3.05, 3.63) is 53.6 Å². The van der Waals surface area contributed by atoms with Gasteiger partial charge in [-0.15, -0.1) is 0 Å². The third-order valence-electron chi connectivity index (χ3n) is 3.10. The van der Waals surface area contributed by atoms with E-state index in [-0.39, 0.29) is 11.3 Å². The molecule has 0 atom stereocenters. The van der Waals surface area contributed by atoms with Crippen LogP contribution in [0.3, 0.4) is 0 Å². The summed E-state index contributed by atoms with van der Waals surface area (Å²) in [6.45, 7) is 2.63. The zero-order valence-electron chi connectivity index (χ0n) is 12.7. The van der Waals surface area contributed by atoms with E-state index < -0.39 is 17.7 Å². The van der Waals surface area contributed by atoms with Crippen LogP contribution in [0.25, 0.3) is 6.08 Å². The second-order valence-corrected chi connectivity index (χ2v) is 4.58. The number of aromatic nitrogens is 2. The number of methoxy groups -OCH3 is 1. The Morgan fingerprint density at radius 1 is 1.39 bits per heavy atom. The monoisotopic (exact) mass is 317 g/mol. The van der Waals surface area contributed by atoms with Crippen molar-refractivity contribution in [3.8, 4) is 0 Å². The number of anilines is 1. The molecular formula is C16H16FN3O3. The molecule has 0 aliphatic carbocycles. The Morgan fingerprint density at radius 2 is 2.17 bits per heavy atom. The van der Waals surface area contributed by atoms with E-state index in [4.69, 9.17) is 0 Å². The second kappa shape index (κ2) is 7.35. The van der Waals surface area contributed by atoms with Gasteiger partial charge in [-0.05, 0) is 37.3 Å². The molecule has 120 valence electrons. The highest BCUT2D eigenvalue weighted by molar-refractivity contribution is 6.02. The van der Waals surface area contributed by atoms with Crippen LogP contribution in [-0.4, -0.2) is 28.8 Å². The minimum absolute atomic E-state index is 0.187. The molecule has 0 radical (unpaired) electrons. The highest BCUT2D eigenvalue weighted by Crippen LogP contribution is 2.15. The summed E-state index contributed by atoms with van der Waals surface area (Å²) in [6, 6.07) is 5.52. The lowest BCUT2D eigenvalue weighted by atomic mass is 10.2. The standard InChI is InChI=1S/C16H16FN3O3/c1-3-20-12(8-9-18-20)5-7-15(21)19-11-4-6-13(14(17)10-11)16(22)23-2/h4-10H,3H2,1-2H3,(H,19,21)/b7-5+. The number of nitrogens with one attached hydrogen (secondary N) is 1. The molecule has 1 amide bonds. The number of hydrogen-bond donors (Lipinski definition) is 1. The van der Waals surface area contributed by atoms with Crippen LogP contribution in [0.15, 0.2) is 36.5 Å². The largest absolute Gasteiger partial charge is 0.465 e. The molecule has 0 unspecified atom stereocenters. The maximum absolute atomic E-state index is 13.8. The van der Waals surface area contributed by atoms with Gasteiger partial charge in [0, 0.05) is 24.5 Å². The van der Waals surface area contributed by atoms with Crippen LogP contribution in [0.1, 0.15) is 23.0 Å². The first-order valence-corrected chi connectivity index (χ1v) is 6.94. The van der Waals surface area contributed by atoms with E-state index in [2.05, 4.69) is 15.2 Å². The first-order chi connectivity index (χ1) is 11.0. The van der Waals surface area contributed by atoms with Gasteiger partial charge >= 0.3 is 5.97 Å². The normalized spacial score (nSPS) is 10.7. The van der Waals surface area contributed by atoms with Crippen LogP contribution in [0, 0.1) is 5.82 Å². The van der Waals surface area contributed by atoms with Gasteiger partial charge < -0.3 is 10.1 Å². The smallest absolute Gasteiger partial charge is 0.340 e. The number of amides is 1. The number of carbonyl (C=O) groups excluding carboxylic acids is 2. The van der Waals surface area contributed by atoms with Crippen LogP contribution < -0.4 is 5.32 Å². The summed E-state index contributed by atoms with van der Waals surface area (Å²) in [5.41, 5.74) is 0.844. The Hall–Kier alpha value is -2.96. The molecule has 0 spiro atoms. The number of benzene rings is 1. The lowest BCUT2D eigenvalue weighted by molar-refractivity contribution is -0.111. The molecular weight excluding hydrogens is 301 g/mol. The van der Waals surface area contributed by atoms with Crippen molar-refractivity contribution in [1.82, 2.24) is 9.78 Å². The number of halogens is 1. The van der Waals surface area contributed by atoms with Crippen molar-refractivity contribution < 1.29 is 18.7 Å². The summed E-state index contributed by atoms with van der Waals surface area (Å²) < 4.78 is 19.9. The minimum Gasteiger partial charge on any atom is -0.465 e. The van der Waals surface area contributed by atoms with Crippen molar-refractivity contribution in [2.45, 2.75) is 13.5 Å². The number of nitrogens with zero attached hydrogens (tertiary/aromatic N) is 2. The number of ether oxygens (including phenoxy) is 1.